The van der Waals surface area contributed by atoms with Crippen molar-refractivity contribution in [1.82, 2.24) is 0 Å². The molecule has 0 aliphatic rings. The molecule has 3 nitrogen and oxygen atoms in total. The Morgan fingerprint density at radius 1 is 1.58 bits per heavy atom. The first kappa shape index (κ1) is 11.1. The molecule has 0 unspecified atom stereocenters. The molecule has 0 spiro atoms. The molecular weight excluding hydrogens is 154 g/mol. The van der Waals surface area contributed by atoms with Gasteiger partial charge in [-0.1, -0.05) is 13.8 Å². The Hall–Kier alpha value is -0.880. The second-order valence-electron chi connectivity index (χ2n) is 3.45. The highest BCUT2D eigenvalue weighted by Gasteiger charge is 2.28. The fraction of sp³-hybridized carbons (Fsp3) is 0.778. The third kappa shape index (κ3) is 3.49. The van der Waals surface area contributed by atoms with E-state index >= 15 is 0 Å². The largest absolute Gasteiger partial charge is 0.396 e. The number of Topliss-reactive ketones (excluding diaryl/α,β-unsaturated/α-hetero) is 1. The Kier molecular flexibility index (Phi) is 4.53. The summed E-state index contributed by atoms with van der Waals surface area (Å²) in [5.74, 6) is -0.0362. The summed E-state index contributed by atoms with van der Waals surface area (Å²) >= 11 is 0. The molecule has 0 amide bonds. The number of hydrogen-bond acceptors (Lipinski definition) is 2. The molecule has 0 rings (SSSR count). The van der Waals surface area contributed by atoms with E-state index in [2.05, 4.69) is 4.85 Å². The van der Waals surface area contributed by atoms with Crippen molar-refractivity contribution in [3.63, 3.8) is 0 Å². The van der Waals surface area contributed by atoms with Gasteiger partial charge < -0.3 is 9.95 Å². The Bertz CT molecular complexity index is 191. The third-order valence-corrected chi connectivity index (χ3v) is 1.94. The van der Waals surface area contributed by atoms with Crippen LogP contribution in [-0.4, -0.2) is 24.0 Å². The van der Waals surface area contributed by atoms with E-state index in [0.717, 1.165) is 0 Å². The molecule has 0 heterocycles. The molecular formula is C9H15NO2. The van der Waals surface area contributed by atoms with Crippen LogP contribution in [0.25, 0.3) is 4.85 Å². The molecule has 68 valence electrons. The molecule has 0 aliphatic heterocycles. The van der Waals surface area contributed by atoms with Crippen molar-refractivity contribution >= 4 is 5.78 Å². The smallest absolute Gasteiger partial charge is 0.272 e. The predicted octanol–water partition coefficient (Wildman–Crippen LogP) is 1.27. The van der Waals surface area contributed by atoms with E-state index in [1.165, 1.54) is 0 Å². The zero-order chi connectivity index (χ0) is 9.61. The first-order valence-corrected chi connectivity index (χ1v) is 4.02. The first-order valence-electron chi connectivity index (χ1n) is 4.02. The monoisotopic (exact) mass is 169 g/mol. The number of ketones is 1. The first-order chi connectivity index (χ1) is 5.54. The molecule has 12 heavy (non-hydrogen) atoms. The maximum absolute atomic E-state index is 11.3. The van der Waals surface area contributed by atoms with Crippen molar-refractivity contribution in [2.24, 2.45) is 5.41 Å². The summed E-state index contributed by atoms with van der Waals surface area (Å²) in [4.78, 5) is 14.3. The number of carbonyl (C=O) groups is 1. The molecule has 0 aromatic heterocycles. The van der Waals surface area contributed by atoms with Gasteiger partial charge in [0.15, 0.2) is 0 Å². The lowest BCUT2D eigenvalue weighted by Gasteiger charge is -2.19. The molecule has 0 saturated carbocycles. The second kappa shape index (κ2) is 4.89. The quantitative estimate of drug-likeness (QED) is 0.630. The van der Waals surface area contributed by atoms with Gasteiger partial charge in [0.25, 0.3) is 6.54 Å². The molecule has 0 bridgehead atoms. The molecule has 3 heteroatoms. The summed E-state index contributed by atoms with van der Waals surface area (Å²) in [6, 6.07) is 0. The lowest BCUT2D eigenvalue weighted by atomic mass is 9.83. The van der Waals surface area contributed by atoms with Gasteiger partial charge >= 0.3 is 0 Å². The van der Waals surface area contributed by atoms with E-state index < -0.39 is 5.41 Å². The summed E-state index contributed by atoms with van der Waals surface area (Å²) in [7, 11) is 0. The topological polar surface area (TPSA) is 41.7 Å². The lowest BCUT2D eigenvalue weighted by molar-refractivity contribution is -0.125. The molecule has 0 radical (unpaired) electrons. The summed E-state index contributed by atoms with van der Waals surface area (Å²) in [5.41, 5.74) is -0.451. The van der Waals surface area contributed by atoms with E-state index in [-0.39, 0.29) is 18.9 Å². The van der Waals surface area contributed by atoms with E-state index in [1.807, 2.05) is 13.8 Å². The van der Waals surface area contributed by atoms with Gasteiger partial charge in [0.05, 0.1) is 0 Å². The van der Waals surface area contributed by atoms with Gasteiger partial charge in [-0.25, -0.2) is 6.57 Å². The van der Waals surface area contributed by atoms with Crippen LogP contribution in [0.15, 0.2) is 0 Å². The molecule has 0 aromatic rings. The van der Waals surface area contributed by atoms with Gasteiger partial charge in [0, 0.05) is 12.0 Å². The number of hydrogen-bond donors (Lipinski definition) is 1. The third-order valence-electron chi connectivity index (χ3n) is 1.94. The summed E-state index contributed by atoms with van der Waals surface area (Å²) in [5, 5.41) is 8.57. The van der Waals surface area contributed by atoms with E-state index in [0.29, 0.717) is 12.8 Å². The van der Waals surface area contributed by atoms with Gasteiger partial charge in [0.1, 0.15) is 0 Å². The van der Waals surface area contributed by atoms with Crippen molar-refractivity contribution in [1.29, 1.82) is 0 Å². The van der Waals surface area contributed by atoms with Gasteiger partial charge in [0.2, 0.25) is 5.78 Å². The number of aliphatic hydroxyl groups excluding tert-OH is 1. The molecule has 0 aromatic carbocycles. The number of rotatable bonds is 5. The molecule has 0 atom stereocenters. The van der Waals surface area contributed by atoms with Crippen LogP contribution in [0.2, 0.25) is 0 Å². The Morgan fingerprint density at radius 3 is 2.58 bits per heavy atom. The van der Waals surface area contributed by atoms with Crippen molar-refractivity contribution in [3.8, 4) is 0 Å². The number of aliphatic hydroxyl groups is 1. The Balaban J connectivity index is 4.01. The van der Waals surface area contributed by atoms with Crippen LogP contribution >= 0.6 is 0 Å². The van der Waals surface area contributed by atoms with Gasteiger partial charge in [-0.05, 0) is 12.8 Å². The van der Waals surface area contributed by atoms with Crippen LogP contribution in [0.1, 0.15) is 26.7 Å². The maximum Gasteiger partial charge on any atom is 0.272 e. The minimum Gasteiger partial charge on any atom is -0.396 e. The van der Waals surface area contributed by atoms with Crippen LogP contribution < -0.4 is 0 Å². The minimum atomic E-state index is -0.451. The Labute approximate surface area is 73.2 Å². The summed E-state index contributed by atoms with van der Waals surface area (Å²) in [6.07, 6.45) is 1.27. The molecule has 0 saturated heterocycles. The van der Waals surface area contributed by atoms with Crippen molar-refractivity contribution < 1.29 is 9.90 Å². The summed E-state index contributed by atoms with van der Waals surface area (Å²) in [6.45, 7) is 10.2. The average molecular weight is 169 g/mol. The van der Waals surface area contributed by atoms with E-state index in [9.17, 15) is 4.79 Å². The molecule has 1 N–H and O–H groups in total. The highest BCUT2D eigenvalue weighted by Crippen LogP contribution is 2.23. The van der Waals surface area contributed by atoms with Crippen molar-refractivity contribution in [3.05, 3.63) is 11.4 Å². The van der Waals surface area contributed by atoms with E-state index in [1.54, 1.807) is 0 Å². The Morgan fingerprint density at radius 2 is 2.17 bits per heavy atom. The zero-order valence-electron chi connectivity index (χ0n) is 7.63. The predicted molar refractivity (Wildman–Crippen MR) is 46.6 cm³/mol. The fourth-order valence-electron chi connectivity index (χ4n) is 0.946. The van der Waals surface area contributed by atoms with Crippen LogP contribution in [0, 0.1) is 12.0 Å². The number of carbonyl (C=O) groups excluding carboxylic acids is 1. The van der Waals surface area contributed by atoms with Gasteiger partial charge in [-0.2, -0.15) is 0 Å². The highest BCUT2D eigenvalue weighted by atomic mass is 16.2. The van der Waals surface area contributed by atoms with Gasteiger partial charge in [-0.15, -0.1) is 0 Å². The SMILES string of the molecule is [C-]#[N+]CC(=O)C(C)(C)CCCO. The maximum atomic E-state index is 11.3. The van der Waals surface area contributed by atoms with Crippen molar-refractivity contribution in [2.75, 3.05) is 13.2 Å². The fourth-order valence-corrected chi connectivity index (χ4v) is 0.946. The highest BCUT2D eigenvalue weighted by molar-refractivity contribution is 5.87. The van der Waals surface area contributed by atoms with Crippen molar-refractivity contribution in [2.45, 2.75) is 26.7 Å². The van der Waals surface area contributed by atoms with Crippen LogP contribution in [0.4, 0.5) is 0 Å². The average Bonchev–Trinajstić information content (AvgIpc) is 2.01. The normalized spacial score (nSPS) is 10.8. The minimum absolute atomic E-state index is 0.0362. The zero-order valence-corrected chi connectivity index (χ0v) is 7.63. The number of nitrogens with zero attached hydrogens (tertiary/aromatic N) is 1. The standard InChI is InChI=1S/C9H15NO2/c1-9(2,5-4-6-11)8(12)7-10-3/h11H,4-7H2,1-2H3. The van der Waals surface area contributed by atoms with Crippen LogP contribution in [0.3, 0.4) is 0 Å². The van der Waals surface area contributed by atoms with Gasteiger partial charge in [-0.3, -0.25) is 4.79 Å². The second-order valence-corrected chi connectivity index (χ2v) is 3.45. The molecule has 0 aliphatic carbocycles. The lowest BCUT2D eigenvalue weighted by Crippen LogP contribution is -2.26. The van der Waals surface area contributed by atoms with Crippen LogP contribution in [0.5, 0.6) is 0 Å². The van der Waals surface area contributed by atoms with Crippen LogP contribution in [-0.2, 0) is 4.79 Å². The molecule has 0 fully saturated rings. The van der Waals surface area contributed by atoms with E-state index in [4.69, 9.17) is 11.7 Å². The summed E-state index contributed by atoms with van der Waals surface area (Å²) < 4.78 is 0.